The molecule has 0 radical (unpaired) electrons. The van der Waals surface area contributed by atoms with Gasteiger partial charge in [-0.3, -0.25) is 0 Å². The maximum absolute atomic E-state index is 9.43. The van der Waals surface area contributed by atoms with Crippen LogP contribution in [0.2, 0.25) is 0 Å². The Morgan fingerprint density at radius 3 is 1.58 bits per heavy atom. The Bertz CT molecular complexity index is 1810. The fourth-order valence-corrected chi connectivity index (χ4v) is 11.0. The summed E-state index contributed by atoms with van der Waals surface area (Å²) in [5.74, 6) is 1.42. The van der Waals surface area contributed by atoms with Crippen molar-refractivity contribution in [1.29, 1.82) is 10.5 Å². The lowest BCUT2D eigenvalue weighted by atomic mass is 9.80. The molecule has 2 aliphatic heterocycles. The first-order valence-corrected chi connectivity index (χ1v) is 23.7. The summed E-state index contributed by atoms with van der Waals surface area (Å²) in [7, 11) is -0.215. The molecule has 0 amide bonds. The Morgan fingerprint density at radius 2 is 1.10 bits per heavy atom. The highest BCUT2D eigenvalue weighted by atomic mass is 31.2. The van der Waals surface area contributed by atoms with E-state index < -0.39 is 41.0 Å². The summed E-state index contributed by atoms with van der Waals surface area (Å²) >= 11 is 0. The van der Waals surface area contributed by atoms with Gasteiger partial charge in [0.05, 0.1) is 83.9 Å². The molecule has 2 heterocycles. The molecule has 62 heavy (non-hydrogen) atoms. The average Bonchev–Trinajstić information content (AvgIpc) is 3.70. The molecule has 0 aromatic heterocycles. The van der Waals surface area contributed by atoms with Crippen molar-refractivity contribution in [2.45, 2.75) is 123 Å². The number of hydrogen-bond donors (Lipinski definition) is 0. The van der Waals surface area contributed by atoms with Crippen LogP contribution in [0.5, 0.6) is 11.5 Å². The summed E-state index contributed by atoms with van der Waals surface area (Å²) in [4.78, 5) is 0. The number of methoxy groups -OCH3 is 2. The van der Waals surface area contributed by atoms with Crippen LogP contribution in [-0.2, 0) is 42.4 Å². The maximum atomic E-state index is 9.43. The number of rotatable bonds is 24. The average molecular weight is 894 g/mol. The molecule has 3 aromatic carbocycles. The second-order valence-electron chi connectivity index (χ2n) is 16.2. The normalized spacial score (nSPS) is 24.9. The Balaban J connectivity index is 1.41. The van der Waals surface area contributed by atoms with E-state index in [0.717, 1.165) is 28.2 Å². The van der Waals surface area contributed by atoms with Crippen LogP contribution in [0.4, 0.5) is 0 Å². The van der Waals surface area contributed by atoms with Gasteiger partial charge in [-0.2, -0.15) is 10.5 Å². The fourth-order valence-electron chi connectivity index (χ4n) is 7.94. The van der Waals surface area contributed by atoms with Gasteiger partial charge in [0.2, 0.25) is 0 Å². The zero-order valence-electron chi connectivity index (χ0n) is 37.8. The third-order valence-corrected chi connectivity index (χ3v) is 14.8. The van der Waals surface area contributed by atoms with Crippen molar-refractivity contribution in [3.63, 3.8) is 0 Å². The van der Waals surface area contributed by atoms with Gasteiger partial charge < -0.3 is 46.3 Å². The molecule has 2 unspecified atom stereocenters. The zero-order chi connectivity index (χ0) is 44.8. The number of nitriles is 2. The molecule has 5 rings (SSSR count). The second kappa shape index (κ2) is 24.1. The Labute approximate surface area is 371 Å². The highest BCUT2D eigenvalue weighted by Crippen LogP contribution is 2.52. The molecule has 0 spiro atoms. The second-order valence-corrected chi connectivity index (χ2v) is 18.8. The van der Waals surface area contributed by atoms with Crippen LogP contribution in [0, 0.1) is 34.5 Å². The molecule has 0 aliphatic carbocycles. The van der Waals surface area contributed by atoms with E-state index in [2.05, 4.69) is 70.5 Å². The molecule has 0 bridgehead atoms. The summed E-state index contributed by atoms with van der Waals surface area (Å²) in [5, 5.41) is 18.7. The van der Waals surface area contributed by atoms with Crippen molar-refractivity contribution in [2.24, 2.45) is 11.8 Å². The van der Waals surface area contributed by atoms with E-state index >= 15 is 0 Å². The summed E-state index contributed by atoms with van der Waals surface area (Å²) in [5.41, 5.74) is 1.67. The van der Waals surface area contributed by atoms with Crippen molar-refractivity contribution in [1.82, 2.24) is 4.67 Å². The van der Waals surface area contributed by atoms with Gasteiger partial charge in [0.25, 0.3) is 8.53 Å². The molecule has 2 fully saturated rings. The van der Waals surface area contributed by atoms with Crippen molar-refractivity contribution in [3.8, 4) is 23.6 Å². The molecule has 3 aromatic rings. The predicted molar refractivity (Wildman–Crippen MR) is 239 cm³/mol. The van der Waals surface area contributed by atoms with Gasteiger partial charge in [0, 0.05) is 23.9 Å². The van der Waals surface area contributed by atoms with Gasteiger partial charge in [-0.1, -0.05) is 68.4 Å². The van der Waals surface area contributed by atoms with E-state index in [1.165, 1.54) is 0 Å². The molecular formula is C47H65N3O10P2. The molecule has 2 aliphatic rings. The first-order valence-electron chi connectivity index (χ1n) is 21.5. The monoisotopic (exact) mass is 893 g/mol. The number of ether oxygens (including phenoxy) is 5. The first kappa shape index (κ1) is 49.8. The van der Waals surface area contributed by atoms with Crippen LogP contribution in [0.15, 0.2) is 78.9 Å². The van der Waals surface area contributed by atoms with E-state index in [0.29, 0.717) is 0 Å². The topological polar surface area (TPSA) is 143 Å². The zero-order valence-corrected chi connectivity index (χ0v) is 39.6. The van der Waals surface area contributed by atoms with Gasteiger partial charge >= 0.3 is 8.60 Å². The minimum Gasteiger partial charge on any atom is -0.497 e. The van der Waals surface area contributed by atoms with E-state index in [-0.39, 0.29) is 81.5 Å². The molecule has 338 valence electrons. The molecular weight excluding hydrogens is 828 g/mol. The lowest BCUT2D eigenvalue weighted by Crippen LogP contribution is -2.39. The maximum Gasteiger partial charge on any atom is 0.333 e. The first-order chi connectivity index (χ1) is 29.9. The van der Waals surface area contributed by atoms with Gasteiger partial charge in [0.15, 0.2) is 0 Å². The quantitative estimate of drug-likeness (QED) is 0.0479. The van der Waals surface area contributed by atoms with Crippen molar-refractivity contribution in [2.75, 3.05) is 40.6 Å². The van der Waals surface area contributed by atoms with Gasteiger partial charge in [0.1, 0.15) is 35.4 Å². The van der Waals surface area contributed by atoms with Crippen molar-refractivity contribution in [3.05, 3.63) is 95.6 Å². The largest absolute Gasteiger partial charge is 0.497 e. The van der Waals surface area contributed by atoms with Gasteiger partial charge in [-0.25, -0.2) is 4.67 Å². The predicted octanol–water partition coefficient (Wildman–Crippen LogP) is 10.1. The molecule has 0 N–H and O–H groups in total. The third-order valence-electron chi connectivity index (χ3n) is 11.5. The van der Waals surface area contributed by atoms with E-state index in [9.17, 15) is 10.5 Å². The van der Waals surface area contributed by atoms with Crippen LogP contribution >= 0.6 is 17.1 Å². The van der Waals surface area contributed by atoms with Crippen LogP contribution in [0.25, 0.3) is 0 Å². The minimum absolute atomic E-state index is 0.0212. The SMILES string of the molecule is COc1ccc(C(OC[C@H]2O[C@@H](C)[C@@H](C)[C@H]2OP(OCCC#N)OC[C@H]2O[C@@H](C)[C@@H](C)[C@H]2OP(OCCC#N)N(C(C)C)C(C)C)(c2ccccc2)c2ccc(OC)cc2)cc1. The highest BCUT2D eigenvalue weighted by molar-refractivity contribution is 7.44. The number of benzene rings is 3. The van der Waals surface area contributed by atoms with Gasteiger partial charge in [-0.05, 0) is 82.5 Å². The molecule has 15 heteroatoms. The lowest BCUT2D eigenvalue weighted by molar-refractivity contribution is -0.0794. The highest BCUT2D eigenvalue weighted by Gasteiger charge is 2.48. The Kier molecular flexibility index (Phi) is 19.4. The van der Waals surface area contributed by atoms with Crippen LogP contribution in [0.3, 0.4) is 0 Å². The van der Waals surface area contributed by atoms with E-state index in [1.807, 2.05) is 80.6 Å². The number of hydrogen-bond acceptors (Lipinski definition) is 13. The van der Waals surface area contributed by atoms with Crippen molar-refractivity contribution < 1.29 is 46.3 Å². The van der Waals surface area contributed by atoms with Crippen LogP contribution in [0.1, 0.15) is 84.9 Å². The molecule has 2 saturated heterocycles. The van der Waals surface area contributed by atoms with Crippen molar-refractivity contribution >= 4 is 17.1 Å². The standard InChI is InChI=1S/C47H65N3O10P2/c1-32(2)50(33(3)4)61(54-28-14-26-48)59-45-34(5)36(7)58-44(45)31-56-62(55-29-15-27-49)60-46-35(6)37(8)57-43(46)30-53-47(38-16-12-11-13-17-38,39-18-22-41(51-9)23-19-39)40-20-24-42(52-10)25-21-40/h11-13,16-25,32-37,43-46H,14-15,28-31H2,1-10H3/t34-,35-,36+,37+,43-,44-,45-,46-,61?,62?/m1/s1. The lowest BCUT2D eigenvalue weighted by Gasteiger charge is -2.38. The summed E-state index contributed by atoms with van der Waals surface area (Å²) in [6.07, 6.45) is -1.69. The van der Waals surface area contributed by atoms with Crippen LogP contribution < -0.4 is 9.47 Å². The van der Waals surface area contributed by atoms with E-state index in [1.54, 1.807) is 14.2 Å². The smallest absolute Gasteiger partial charge is 0.333 e. The third kappa shape index (κ3) is 12.3. The fraction of sp³-hybridized carbons (Fsp3) is 0.574. The number of nitrogens with zero attached hydrogens (tertiary/aromatic N) is 3. The van der Waals surface area contributed by atoms with Gasteiger partial charge in [-0.15, -0.1) is 0 Å². The summed E-state index contributed by atoms with van der Waals surface area (Å²) in [6.45, 7) is 17.4. The molecule has 10 atom stereocenters. The minimum atomic E-state index is -1.99. The van der Waals surface area contributed by atoms with Crippen LogP contribution in [-0.4, -0.2) is 94.0 Å². The molecule has 13 nitrogen and oxygen atoms in total. The summed E-state index contributed by atoms with van der Waals surface area (Å²) in [6, 6.07) is 30.6. The molecule has 0 saturated carbocycles. The summed E-state index contributed by atoms with van der Waals surface area (Å²) < 4.78 is 66.3. The van der Waals surface area contributed by atoms with E-state index in [4.69, 9.17) is 46.3 Å². The Hall–Kier alpha value is -3.26. The Morgan fingerprint density at radius 1 is 0.629 bits per heavy atom.